The zero-order valence-electron chi connectivity index (χ0n) is 7.98. The summed E-state index contributed by atoms with van der Waals surface area (Å²) >= 11 is 11.6. The first-order chi connectivity index (χ1) is 7.58. The van der Waals surface area contributed by atoms with Gasteiger partial charge in [-0.2, -0.15) is 0 Å². The molecule has 0 bridgehead atoms. The summed E-state index contributed by atoms with van der Waals surface area (Å²) in [5.74, 6) is -1.24. The average Bonchev–Trinajstić information content (AvgIpc) is 2.22. The van der Waals surface area contributed by atoms with Crippen molar-refractivity contribution in [3.8, 4) is 11.1 Å². The number of hydrogen-bond acceptors (Lipinski definition) is 0. The van der Waals surface area contributed by atoms with Crippen molar-refractivity contribution in [3.63, 3.8) is 0 Å². The Labute approximate surface area is 101 Å². The minimum Gasteiger partial charge on any atom is -0.207 e. The Hall–Kier alpha value is -1.12. The highest BCUT2D eigenvalue weighted by Gasteiger charge is 2.07. The zero-order valence-corrected chi connectivity index (χ0v) is 9.49. The second kappa shape index (κ2) is 4.40. The summed E-state index contributed by atoms with van der Waals surface area (Å²) in [7, 11) is 0. The molecule has 0 spiro atoms. The maximum absolute atomic E-state index is 13.5. The van der Waals surface area contributed by atoms with Gasteiger partial charge in [-0.3, -0.25) is 0 Å². The predicted octanol–water partition coefficient (Wildman–Crippen LogP) is 4.94. The Morgan fingerprint density at radius 1 is 0.812 bits per heavy atom. The van der Waals surface area contributed by atoms with Crippen LogP contribution < -0.4 is 0 Å². The van der Waals surface area contributed by atoms with E-state index in [0.29, 0.717) is 21.2 Å². The van der Waals surface area contributed by atoms with Gasteiger partial charge in [0, 0.05) is 11.6 Å². The summed E-state index contributed by atoms with van der Waals surface area (Å²) in [5.41, 5.74) is 0.854. The van der Waals surface area contributed by atoms with Gasteiger partial charge in [0.25, 0.3) is 0 Å². The van der Waals surface area contributed by atoms with Crippen molar-refractivity contribution in [1.82, 2.24) is 0 Å². The van der Waals surface area contributed by atoms with Crippen LogP contribution in [-0.2, 0) is 0 Å². The first kappa shape index (κ1) is 11.4. The number of hydrogen-bond donors (Lipinski definition) is 0. The van der Waals surface area contributed by atoms with Crippen LogP contribution in [0.4, 0.5) is 8.78 Å². The van der Waals surface area contributed by atoms with Crippen molar-refractivity contribution in [1.29, 1.82) is 0 Å². The van der Waals surface area contributed by atoms with Crippen molar-refractivity contribution in [3.05, 3.63) is 58.1 Å². The molecule has 0 aliphatic heterocycles. The van der Waals surface area contributed by atoms with E-state index in [1.165, 1.54) is 12.1 Å². The molecule has 16 heavy (non-hydrogen) atoms. The maximum atomic E-state index is 13.5. The topological polar surface area (TPSA) is 0 Å². The average molecular weight is 259 g/mol. The fourth-order valence-corrected chi connectivity index (χ4v) is 1.69. The van der Waals surface area contributed by atoms with Crippen LogP contribution in [0.5, 0.6) is 0 Å². The van der Waals surface area contributed by atoms with Gasteiger partial charge in [-0.05, 0) is 29.8 Å². The van der Waals surface area contributed by atoms with E-state index in [4.69, 9.17) is 23.2 Å². The summed E-state index contributed by atoms with van der Waals surface area (Å²) in [5, 5.41) is 0.732. The highest BCUT2D eigenvalue weighted by Crippen LogP contribution is 2.30. The van der Waals surface area contributed by atoms with E-state index in [1.807, 2.05) is 0 Å². The predicted molar refractivity (Wildman–Crippen MR) is 61.8 cm³/mol. The van der Waals surface area contributed by atoms with Gasteiger partial charge in [0.15, 0.2) is 0 Å². The highest BCUT2D eigenvalue weighted by atomic mass is 35.5. The summed E-state index contributed by atoms with van der Waals surface area (Å²) in [4.78, 5) is 0. The molecule has 2 rings (SSSR count). The number of benzene rings is 2. The largest absolute Gasteiger partial charge is 0.207 e. The molecular formula is C12H6Cl2F2. The van der Waals surface area contributed by atoms with Crippen LogP contribution in [-0.4, -0.2) is 0 Å². The van der Waals surface area contributed by atoms with Crippen LogP contribution in [0.15, 0.2) is 36.4 Å². The maximum Gasteiger partial charge on any atom is 0.133 e. The fourth-order valence-electron chi connectivity index (χ4n) is 1.39. The first-order valence-electron chi connectivity index (χ1n) is 4.48. The van der Waals surface area contributed by atoms with E-state index in [1.54, 1.807) is 18.2 Å². The summed E-state index contributed by atoms with van der Waals surface area (Å²) in [6.07, 6.45) is 0. The lowest BCUT2D eigenvalue weighted by molar-refractivity contribution is 0.585. The normalized spacial score (nSPS) is 10.5. The molecule has 0 aliphatic rings. The monoisotopic (exact) mass is 258 g/mol. The van der Waals surface area contributed by atoms with Gasteiger partial charge in [0.1, 0.15) is 11.6 Å². The van der Waals surface area contributed by atoms with Crippen molar-refractivity contribution in [2.45, 2.75) is 0 Å². The Bertz CT molecular complexity index is 539. The van der Waals surface area contributed by atoms with Crippen molar-refractivity contribution in [2.75, 3.05) is 0 Å². The van der Waals surface area contributed by atoms with Crippen LogP contribution in [0.25, 0.3) is 11.1 Å². The lowest BCUT2D eigenvalue weighted by Gasteiger charge is -2.05. The molecule has 0 heterocycles. The van der Waals surface area contributed by atoms with Gasteiger partial charge >= 0.3 is 0 Å². The van der Waals surface area contributed by atoms with E-state index in [-0.39, 0.29) is 0 Å². The van der Waals surface area contributed by atoms with Crippen molar-refractivity contribution in [2.24, 2.45) is 0 Å². The lowest BCUT2D eigenvalue weighted by atomic mass is 10.1. The second-order valence-electron chi connectivity index (χ2n) is 3.25. The van der Waals surface area contributed by atoms with Gasteiger partial charge in [-0.25, -0.2) is 8.78 Å². The number of halogens is 4. The molecule has 0 amide bonds. The van der Waals surface area contributed by atoms with Gasteiger partial charge in [0.2, 0.25) is 0 Å². The van der Waals surface area contributed by atoms with Gasteiger partial charge < -0.3 is 0 Å². The zero-order chi connectivity index (χ0) is 11.7. The molecular weight excluding hydrogens is 253 g/mol. The van der Waals surface area contributed by atoms with Crippen molar-refractivity contribution < 1.29 is 8.78 Å². The van der Waals surface area contributed by atoms with Crippen LogP contribution >= 0.6 is 23.2 Å². The summed E-state index contributed by atoms with van der Waals surface area (Å²) < 4.78 is 26.2. The molecule has 0 unspecified atom stereocenters. The van der Waals surface area contributed by atoms with Gasteiger partial charge in [-0.1, -0.05) is 29.3 Å². The summed E-state index contributed by atoms with van der Waals surface area (Å²) in [6.45, 7) is 0. The number of rotatable bonds is 1. The Morgan fingerprint density at radius 3 is 2.19 bits per heavy atom. The third-order valence-corrected chi connectivity index (χ3v) is 2.90. The van der Waals surface area contributed by atoms with Crippen LogP contribution in [0, 0.1) is 11.6 Å². The van der Waals surface area contributed by atoms with Crippen molar-refractivity contribution >= 4 is 23.2 Å². The molecule has 0 aromatic heterocycles. The highest BCUT2D eigenvalue weighted by molar-refractivity contribution is 6.42. The van der Waals surface area contributed by atoms with Gasteiger partial charge in [-0.15, -0.1) is 0 Å². The SMILES string of the molecule is Fc1ccc(-c2ccc(Cl)c(Cl)c2)c(F)c1. The minimum atomic E-state index is -0.626. The Balaban J connectivity index is 2.54. The van der Waals surface area contributed by atoms with E-state index < -0.39 is 11.6 Å². The molecule has 0 saturated heterocycles. The first-order valence-corrected chi connectivity index (χ1v) is 5.24. The van der Waals surface area contributed by atoms with E-state index in [2.05, 4.69) is 0 Å². The van der Waals surface area contributed by atoms with E-state index in [9.17, 15) is 8.78 Å². The third-order valence-electron chi connectivity index (χ3n) is 2.16. The Morgan fingerprint density at radius 2 is 1.56 bits per heavy atom. The van der Waals surface area contributed by atoms with Crippen LogP contribution in [0.1, 0.15) is 0 Å². The van der Waals surface area contributed by atoms with E-state index >= 15 is 0 Å². The quantitative estimate of drug-likeness (QED) is 0.680. The minimum absolute atomic E-state index is 0.292. The molecule has 2 aromatic carbocycles. The second-order valence-corrected chi connectivity index (χ2v) is 4.07. The molecule has 0 fully saturated rings. The molecule has 0 saturated carbocycles. The molecule has 4 heteroatoms. The molecule has 0 N–H and O–H groups in total. The molecule has 2 aromatic rings. The molecule has 0 atom stereocenters. The smallest absolute Gasteiger partial charge is 0.133 e. The van der Waals surface area contributed by atoms with E-state index in [0.717, 1.165) is 6.07 Å². The molecule has 0 aliphatic carbocycles. The Kier molecular flexibility index (Phi) is 3.13. The fraction of sp³-hybridized carbons (Fsp3) is 0. The molecule has 0 radical (unpaired) electrons. The lowest BCUT2D eigenvalue weighted by Crippen LogP contribution is -1.86. The molecule has 82 valence electrons. The third kappa shape index (κ3) is 2.18. The van der Waals surface area contributed by atoms with Gasteiger partial charge in [0.05, 0.1) is 10.0 Å². The summed E-state index contributed by atoms with van der Waals surface area (Å²) in [6, 6.07) is 8.13. The molecule has 0 nitrogen and oxygen atoms in total. The van der Waals surface area contributed by atoms with Crippen LogP contribution in [0.3, 0.4) is 0 Å². The standard InChI is InChI=1S/C12H6Cl2F2/c13-10-4-1-7(5-11(10)14)9-3-2-8(15)6-12(9)16/h1-6H. The van der Waals surface area contributed by atoms with Crippen LogP contribution in [0.2, 0.25) is 10.0 Å².